The summed E-state index contributed by atoms with van der Waals surface area (Å²) in [6.07, 6.45) is 8.23. The van der Waals surface area contributed by atoms with Crippen molar-refractivity contribution >= 4 is 51.6 Å². The van der Waals surface area contributed by atoms with Crippen LogP contribution in [0.1, 0.15) is 142 Å². The number of para-hydroxylation sites is 1. The molecular weight excluding hydrogens is 751 g/mol. The van der Waals surface area contributed by atoms with Gasteiger partial charge in [0.1, 0.15) is 5.58 Å². The van der Waals surface area contributed by atoms with Gasteiger partial charge in [0.15, 0.2) is 0 Å². The van der Waals surface area contributed by atoms with Crippen LogP contribution < -0.4 is 20.9 Å². The molecular formula is C58H61BN2O. The SMILES string of the molecule is CC1=CC2=C3B(c4ccc5c6c4N2c2cc4c(cc2C6(C)CCC5(C)C)C(C)(C)CCC4(C)C)c2oc4ccccc4c2N(c2ccc(C(C)(C)C)cc2-c2ccccc2)C3C1. The first kappa shape index (κ1) is 38.5. The molecule has 6 aromatic rings. The van der Waals surface area contributed by atoms with Gasteiger partial charge in [0.2, 0.25) is 0 Å². The van der Waals surface area contributed by atoms with Crippen LogP contribution in [0.25, 0.3) is 22.1 Å². The minimum atomic E-state index is -0.115. The van der Waals surface area contributed by atoms with Gasteiger partial charge in [0.05, 0.1) is 23.1 Å². The summed E-state index contributed by atoms with van der Waals surface area (Å²) in [4.78, 5) is 5.51. The first-order valence-electron chi connectivity index (χ1n) is 23.5. The Morgan fingerprint density at radius 2 is 1.34 bits per heavy atom. The molecule has 0 spiro atoms. The van der Waals surface area contributed by atoms with Crippen molar-refractivity contribution in [1.29, 1.82) is 0 Å². The molecule has 312 valence electrons. The molecule has 6 aliphatic rings. The molecule has 4 heterocycles. The standard InChI is InChI=1S/C58H61BN2O/c1-34-29-46-50-47(30-34)61-45-33-41-40(56(7,8)25-26-57(41,9)10)32-42(45)58(11)28-27-55(5,6)39-22-23-43(52(61)49(39)58)59(50)53-51(37-19-15-16-20-48(37)62-53)60(46)44-24-21-36(54(2,3)4)31-38(44)35-17-13-12-14-18-35/h12-24,30-33,46H,25-29H2,1-11H3. The Kier molecular flexibility index (Phi) is 7.62. The molecule has 3 nitrogen and oxygen atoms in total. The van der Waals surface area contributed by atoms with Gasteiger partial charge in [-0.3, -0.25) is 0 Å². The van der Waals surface area contributed by atoms with Crippen LogP contribution in [0.4, 0.5) is 22.7 Å². The summed E-state index contributed by atoms with van der Waals surface area (Å²) < 4.78 is 7.35. The summed E-state index contributed by atoms with van der Waals surface area (Å²) in [5, 5.41) is 1.19. The van der Waals surface area contributed by atoms with Crippen molar-refractivity contribution < 1.29 is 4.42 Å². The minimum absolute atomic E-state index is 0.00230. The van der Waals surface area contributed by atoms with Crippen LogP contribution in [0.3, 0.4) is 0 Å². The van der Waals surface area contributed by atoms with E-state index < -0.39 is 0 Å². The Morgan fingerprint density at radius 1 is 0.661 bits per heavy atom. The molecule has 5 aromatic carbocycles. The molecule has 0 amide bonds. The van der Waals surface area contributed by atoms with Crippen LogP contribution in [0.5, 0.6) is 0 Å². The molecule has 2 atom stereocenters. The Labute approximate surface area is 370 Å². The summed E-state index contributed by atoms with van der Waals surface area (Å²) >= 11 is 0. The molecule has 3 aliphatic heterocycles. The zero-order valence-electron chi connectivity index (χ0n) is 38.8. The molecule has 4 heteroatoms. The van der Waals surface area contributed by atoms with Gasteiger partial charge in [-0.1, -0.05) is 142 Å². The predicted molar refractivity (Wildman–Crippen MR) is 262 cm³/mol. The highest BCUT2D eigenvalue weighted by Crippen LogP contribution is 2.63. The fraction of sp³-hybridized carbons (Fsp3) is 0.379. The highest BCUT2D eigenvalue weighted by atomic mass is 16.3. The van der Waals surface area contributed by atoms with Crippen molar-refractivity contribution in [2.75, 3.05) is 9.80 Å². The van der Waals surface area contributed by atoms with E-state index >= 15 is 0 Å². The smallest absolute Gasteiger partial charge is 0.292 e. The van der Waals surface area contributed by atoms with E-state index in [4.69, 9.17) is 4.42 Å². The van der Waals surface area contributed by atoms with Gasteiger partial charge < -0.3 is 14.2 Å². The van der Waals surface area contributed by atoms with E-state index in [-0.39, 0.29) is 39.8 Å². The van der Waals surface area contributed by atoms with Crippen LogP contribution in [0, 0.1) is 0 Å². The second kappa shape index (κ2) is 12.3. The van der Waals surface area contributed by atoms with E-state index in [1.807, 2.05) is 0 Å². The normalized spacial score (nSPS) is 23.3. The van der Waals surface area contributed by atoms with Gasteiger partial charge >= 0.3 is 0 Å². The number of allylic oxidation sites excluding steroid dienone is 1. The lowest BCUT2D eigenvalue weighted by Gasteiger charge is -2.56. The predicted octanol–water partition coefficient (Wildman–Crippen LogP) is 13.9. The average Bonchev–Trinajstić information content (AvgIpc) is 3.62. The van der Waals surface area contributed by atoms with Gasteiger partial charge in [-0.05, 0) is 147 Å². The molecule has 0 fully saturated rings. The molecule has 0 bridgehead atoms. The molecule has 0 saturated carbocycles. The fourth-order valence-corrected chi connectivity index (χ4v) is 13.1. The molecule has 0 N–H and O–H groups in total. The lowest BCUT2D eigenvalue weighted by atomic mass is 9.32. The largest absolute Gasteiger partial charge is 0.468 e. The van der Waals surface area contributed by atoms with Crippen molar-refractivity contribution in [2.45, 2.75) is 141 Å². The number of furan rings is 1. The third-order valence-corrected chi connectivity index (χ3v) is 16.8. The molecule has 2 unspecified atom stereocenters. The number of hydrogen-bond acceptors (Lipinski definition) is 3. The molecule has 1 aromatic heterocycles. The topological polar surface area (TPSA) is 19.6 Å². The first-order chi connectivity index (χ1) is 29.4. The average molecular weight is 813 g/mol. The summed E-state index contributed by atoms with van der Waals surface area (Å²) in [7, 11) is 0. The van der Waals surface area contributed by atoms with E-state index in [1.165, 1.54) is 103 Å². The van der Waals surface area contributed by atoms with Gasteiger partial charge in [0, 0.05) is 33.4 Å². The Bertz CT molecular complexity index is 3000. The molecule has 0 radical (unpaired) electrons. The van der Waals surface area contributed by atoms with Crippen molar-refractivity contribution in [3.05, 3.63) is 153 Å². The van der Waals surface area contributed by atoms with E-state index in [0.717, 1.165) is 24.1 Å². The van der Waals surface area contributed by atoms with Gasteiger partial charge in [-0.15, -0.1) is 0 Å². The molecule has 62 heavy (non-hydrogen) atoms. The monoisotopic (exact) mass is 812 g/mol. The minimum Gasteiger partial charge on any atom is -0.468 e. The summed E-state index contributed by atoms with van der Waals surface area (Å²) in [5.41, 5.74) is 24.7. The second-order valence-electron chi connectivity index (χ2n) is 23.2. The Balaban J connectivity index is 1.21. The maximum Gasteiger partial charge on any atom is 0.292 e. The van der Waals surface area contributed by atoms with E-state index in [1.54, 1.807) is 11.1 Å². The number of benzene rings is 5. The lowest BCUT2D eigenvalue weighted by Crippen LogP contribution is -2.62. The number of fused-ring (bicyclic) bond motifs is 10. The van der Waals surface area contributed by atoms with E-state index in [2.05, 4.69) is 189 Å². The third kappa shape index (κ3) is 5.01. The summed E-state index contributed by atoms with van der Waals surface area (Å²) in [6.45, 7) is 26.9. The number of nitrogens with zero attached hydrogens (tertiary/aromatic N) is 2. The summed E-state index contributed by atoms with van der Waals surface area (Å²) in [5.74, 6) is 0. The maximum atomic E-state index is 7.35. The van der Waals surface area contributed by atoms with Crippen molar-refractivity contribution in [3.63, 3.8) is 0 Å². The van der Waals surface area contributed by atoms with Crippen LogP contribution in [-0.2, 0) is 27.1 Å². The zero-order chi connectivity index (χ0) is 43.0. The third-order valence-electron chi connectivity index (χ3n) is 16.8. The zero-order valence-corrected chi connectivity index (χ0v) is 38.8. The van der Waals surface area contributed by atoms with Crippen molar-refractivity contribution in [3.8, 4) is 11.1 Å². The van der Waals surface area contributed by atoms with E-state index in [9.17, 15) is 0 Å². The van der Waals surface area contributed by atoms with Gasteiger partial charge in [-0.2, -0.15) is 0 Å². The maximum absolute atomic E-state index is 7.35. The van der Waals surface area contributed by atoms with Crippen LogP contribution in [-0.4, -0.2) is 12.8 Å². The fourth-order valence-electron chi connectivity index (χ4n) is 13.1. The molecule has 12 rings (SSSR count). The van der Waals surface area contributed by atoms with Crippen LogP contribution in [0.15, 0.2) is 124 Å². The van der Waals surface area contributed by atoms with Crippen LogP contribution in [0.2, 0.25) is 0 Å². The molecule has 0 saturated heterocycles. The summed E-state index contributed by atoms with van der Waals surface area (Å²) in [6, 6.07) is 37.7. The van der Waals surface area contributed by atoms with Gasteiger partial charge in [-0.25, -0.2) is 0 Å². The Morgan fingerprint density at radius 3 is 2.08 bits per heavy atom. The quantitative estimate of drug-likeness (QED) is 0.162. The second-order valence-corrected chi connectivity index (χ2v) is 23.2. The highest BCUT2D eigenvalue weighted by molar-refractivity contribution is 6.93. The molecule has 3 aliphatic carbocycles. The first-order valence-corrected chi connectivity index (χ1v) is 23.5. The van der Waals surface area contributed by atoms with Crippen molar-refractivity contribution in [2.24, 2.45) is 0 Å². The number of anilines is 4. The Hall–Kier alpha value is -5.22. The van der Waals surface area contributed by atoms with E-state index in [0.29, 0.717) is 0 Å². The number of hydrogen-bond donors (Lipinski definition) is 0. The van der Waals surface area contributed by atoms with Gasteiger partial charge in [0.25, 0.3) is 6.71 Å². The number of rotatable bonds is 2. The van der Waals surface area contributed by atoms with Crippen molar-refractivity contribution in [1.82, 2.24) is 0 Å². The van der Waals surface area contributed by atoms with Crippen LogP contribution >= 0.6 is 0 Å². The highest BCUT2D eigenvalue weighted by Gasteiger charge is 2.57. The lowest BCUT2D eigenvalue weighted by molar-refractivity contribution is 0.327.